The van der Waals surface area contributed by atoms with Crippen molar-refractivity contribution in [2.45, 2.75) is 17.6 Å². The Balaban J connectivity index is 3.15. The van der Waals surface area contributed by atoms with E-state index in [0.717, 1.165) is 5.57 Å². The Bertz CT molecular complexity index is 304. The van der Waals surface area contributed by atoms with Crippen LogP contribution in [0.2, 0.25) is 0 Å². The van der Waals surface area contributed by atoms with Crippen LogP contribution in [0.5, 0.6) is 0 Å². The second-order valence-electron chi connectivity index (χ2n) is 3.27. The lowest BCUT2D eigenvalue weighted by molar-refractivity contribution is -0.110. The lowest BCUT2D eigenvalue weighted by Gasteiger charge is -2.31. The van der Waals surface area contributed by atoms with E-state index in [9.17, 15) is 4.79 Å². The third-order valence-corrected chi connectivity index (χ3v) is 4.83. The Morgan fingerprint density at radius 1 is 1.46 bits per heavy atom. The molecule has 0 amide bonds. The van der Waals surface area contributed by atoms with Crippen molar-refractivity contribution in [2.24, 2.45) is 5.41 Å². The molecule has 1 aliphatic rings. The van der Waals surface area contributed by atoms with Gasteiger partial charge in [-0.2, -0.15) is 0 Å². The fraction of sp³-hybridized carbons (Fsp3) is 0.444. The van der Waals surface area contributed by atoms with Crippen LogP contribution in [0.25, 0.3) is 0 Å². The maximum atomic E-state index is 11.3. The molecule has 1 nitrogen and oxygen atoms in total. The highest BCUT2D eigenvalue weighted by molar-refractivity contribution is 9.24. The van der Waals surface area contributed by atoms with E-state index in [2.05, 4.69) is 54.7 Å². The highest BCUT2D eigenvalue weighted by Gasteiger charge is 2.34. The smallest absolute Gasteiger partial charge is 0.192 e. The molecule has 0 heterocycles. The third-order valence-electron chi connectivity index (χ3n) is 2.31. The Morgan fingerprint density at radius 2 is 2.00 bits per heavy atom. The predicted octanol–water partition coefficient (Wildman–Crippen LogP) is 3.92. The number of ketones is 1. The van der Waals surface area contributed by atoms with Crippen molar-refractivity contribution in [3.05, 3.63) is 22.2 Å². The van der Waals surface area contributed by atoms with E-state index < -0.39 is 0 Å². The van der Waals surface area contributed by atoms with Crippen molar-refractivity contribution in [1.82, 2.24) is 0 Å². The van der Waals surface area contributed by atoms with Crippen LogP contribution in [0, 0.1) is 5.41 Å². The molecule has 0 radical (unpaired) electrons. The van der Waals surface area contributed by atoms with Crippen molar-refractivity contribution in [2.75, 3.05) is 0 Å². The van der Waals surface area contributed by atoms with Crippen LogP contribution in [0.4, 0.5) is 0 Å². The van der Waals surface area contributed by atoms with Crippen molar-refractivity contribution in [1.29, 1.82) is 0 Å². The lowest BCUT2D eigenvalue weighted by atomic mass is 9.81. The van der Waals surface area contributed by atoms with Gasteiger partial charge in [-0.3, -0.25) is 4.79 Å². The fourth-order valence-electron chi connectivity index (χ4n) is 1.10. The van der Waals surface area contributed by atoms with Crippen LogP contribution in [-0.2, 0) is 4.79 Å². The van der Waals surface area contributed by atoms with Crippen LogP contribution in [0.15, 0.2) is 22.2 Å². The maximum Gasteiger partial charge on any atom is 0.192 e. The summed E-state index contributed by atoms with van der Waals surface area (Å²) in [5.74, 6) is 0.0376. The summed E-state index contributed by atoms with van der Waals surface area (Å²) in [6, 6.07) is 0. The molecule has 0 N–H and O–H groups in total. The van der Waals surface area contributed by atoms with Gasteiger partial charge in [-0.15, -0.1) is 0 Å². The highest BCUT2D eigenvalue weighted by Crippen LogP contribution is 2.43. The first-order valence-electron chi connectivity index (χ1n) is 3.77. The van der Waals surface area contributed by atoms with E-state index in [1.807, 2.05) is 13.0 Å². The molecule has 13 heavy (non-hydrogen) atoms. The molecule has 0 aromatic heterocycles. The first-order valence-corrected chi connectivity index (χ1v) is 6.40. The van der Waals surface area contributed by atoms with Gasteiger partial charge in [0.15, 0.2) is 5.78 Å². The van der Waals surface area contributed by atoms with Crippen LogP contribution in [0.3, 0.4) is 0 Å². The Hall–Kier alpha value is 0.590. The first-order chi connectivity index (χ1) is 5.88. The lowest BCUT2D eigenvalue weighted by Crippen LogP contribution is -2.26. The van der Waals surface area contributed by atoms with E-state index >= 15 is 0 Å². The van der Waals surface area contributed by atoms with Gasteiger partial charge in [0.05, 0.1) is 8.22 Å². The maximum absolute atomic E-state index is 11.3. The Labute approximate surface area is 103 Å². The second-order valence-corrected chi connectivity index (χ2v) is 7.18. The molecule has 0 saturated heterocycles. The van der Waals surface area contributed by atoms with Crippen LogP contribution in [-0.4, -0.2) is 9.52 Å². The molecule has 1 aliphatic carbocycles. The molecule has 72 valence electrons. The number of alkyl halides is 2. The molecule has 0 spiro atoms. The molecular weight excluding hydrogens is 364 g/mol. The number of allylic oxidation sites excluding steroid dienone is 4. The molecule has 0 fully saturated rings. The van der Waals surface area contributed by atoms with Crippen molar-refractivity contribution in [3.8, 4) is 0 Å². The number of rotatable bonds is 1. The van der Waals surface area contributed by atoms with E-state index in [-0.39, 0.29) is 14.9 Å². The summed E-state index contributed by atoms with van der Waals surface area (Å²) < 4.78 is 0.758. The topological polar surface area (TPSA) is 17.1 Å². The molecule has 0 bridgehead atoms. The van der Waals surface area contributed by atoms with Crippen LogP contribution < -0.4 is 0 Å². The Morgan fingerprint density at radius 3 is 2.46 bits per heavy atom. The van der Waals surface area contributed by atoms with Crippen LogP contribution >= 0.6 is 47.8 Å². The number of hydrogen-bond donors (Lipinski definition) is 0. The monoisotopic (exact) mass is 370 g/mol. The van der Waals surface area contributed by atoms with Crippen LogP contribution in [0.1, 0.15) is 13.8 Å². The van der Waals surface area contributed by atoms with E-state index in [4.69, 9.17) is 0 Å². The van der Waals surface area contributed by atoms with Gasteiger partial charge in [-0.25, -0.2) is 0 Å². The average Bonchev–Trinajstić information content (AvgIpc) is 2.01. The molecule has 1 atom stereocenters. The SMILES string of the molecule is CC1=CC(=O)C(Br)=CC1(C)C(Br)Br. The van der Waals surface area contributed by atoms with Gasteiger partial charge in [-0.05, 0) is 28.9 Å². The van der Waals surface area contributed by atoms with E-state index in [1.54, 1.807) is 6.08 Å². The minimum Gasteiger partial charge on any atom is -0.289 e. The normalized spacial score (nSPS) is 28.9. The first kappa shape index (κ1) is 11.7. The van der Waals surface area contributed by atoms with Gasteiger partial charge in [0, 0.05) is 5.41 Å². The molecule has 0 aromatic rings. The largest absolute Gasteiger partial charge is 0.289 e. The van der Waals surface area contributed by atoms with Gasteiger partial charge >= 0.3 is 0 Å². The number of carbonyl (C=O) groups excluding carboxylic acids is 1. The average molecular weight is 373 g/mol. The quantitative estimate of drug-likeness (QED) is 0.638. The zero-order valence-electron chi connectivity index (χ0n) is 7.27. The summed E-state index contributed by atoms with van der Waals surface area (Å²) >= 11 is 10.2. The summed E-state index contributed by atoms with van der Waals surface area (Å²) in [5, 5.41) is 0. The minimum absolute atomic E-state index is 0.0376. The zero-order valence-corrected chi connectivity index (χ0v) is 12.0. The van der Waals surface area contributed by atoms with Gasteiger partial charge in [0.1, 0.15) is 0 Å². The third kappa shape index (κ3) is 2.16. The molecule has 0 saturated carbocycles. The molecule has 1 rings (SSSR count). The zero-order chi connectivity index (χ0) is 10.2. The standard InChI is InChI=1S/C9H9Br3O/c1-5-3-7(13)6(10)4-9(5,2)8(11)12/h3-4,8H,1-2H3. The van der Waals surface area contributed by atoms with Gasteiger partial charge in [-0.1, -0.05) is 50.4 Å². The van der Waals surface area contributed by atoms with Crippen molar-refractivity contribution in [3.63, 3.8) is 0 Å². The summed E-state index contributed by atoms with van der Waals surface area (Å²) in [5.41, 5.74) is 0.909. The van der Waals surface area contributed by atoms with E-state index in [1.165, 1.54) is 0 Å². The summed E-state index contributed by atoms with van der Waals surface area (Å²) in [4.78, 5) is 11.3. The number of hydrogen-bond acceptors (Lipinski definition) is 1. The molecule has 0 aliphatic heterocycles. The summed E-state index contributed by atoms with van der Waals surface area (Å²) in [6.45, 7) is 4.03. The number of carbonyl (C=O) groups is 1. The Kier molecular flexibility index (Phi) is 3.58. The number of halogens is 3. The molecule has 0 aromatic carbocycles. The molecular formula is C9H9Br3O. The summed E-state index contributed by atoms with van der Waals surface area (Å²) in [6.07, 6.45) is 3.60. The minimum atomic E-state index is -0.146. The molecule has 4 heteroatoms. The van der Waals surface area contributed by atoms with Crippen molar-refractivity contribution >= 4 is 53.6 Å². The molecule has 1 unspecified atom stereocenters. The fourth-order valence-corrected chi connectivity index (χ4v) is 2.68. The van der Waals surface area contributed by atoms with Gasteiger partial charge in [0.2, 0.25) is 0 Å². The summed E-state index contributed by atoms with van der Waals surface area (Å²) in [7, 11) is 0. The van der Waals surface area contributed by atoms with Gasteiger partial charge < -0.3 is 0 Å². The van der Waals surface area contributed by atoms with Gasteiger partial charge in [0.25, 0.3) is 0 Å². The van der Waals surface area contributed by atoms with Crippen molar-refractivity contribution < 1.29 is 4.79 Å². The second kappa shape index (κ2) is 3.99. The highest BCUT2D eigenvalue weighted by atomic mass is 79.9. The van der Waals surface area contributed by atoms with E-state index in [0.29, 0.717) is 4.48 Å². The predicted molar refractivity (Wildman–Crippen MR) is 65.5 cm³/mol.